The molecule has 0 spiro atoms. The number of hydrogen-bond donors (Lipinski definition) is 2. The Balaban J connectivity index is 1.58. The normalized spacial score (nSPS) is 16.7. The molecule has 2 aromatic rings. The first kappa shape index (κ1) is 19.7. The number of benzene rings is 1. The molecule has 1 heterocycles. The summed E-state index contributed by atoms with van der Waals surface area (Å²) in [6.45, 7) is 2.37. The van der Waals surface area contributed by atoms with Crippen molar-refractivity contribution in [3.05, 3.63) is 46.2 Å². The van der Waals surface area contributed by atoms with E-state index in [1.165, 1.54) is 4.88 Å². The SMILES string of the molecule is COc1cccc(OCC(=O)NCC2(c3ccc(C(C)O)s3)CCCC2)c1. The molecule has 1 aromatic heterocycles. The second-order valence-electron chi connectivity index (χ2n) is 7.11. The van der Waals surface area contributed by atoms with E-state index in [4.69, 9.17) is 9.47 Å². The summed E-state index contributed by atoms with van der Waals surface area (Å²) >= 11 is 1.66. The lowest BCUT2D eigenvalue weighted by molar-refractivity contribution is -0.123. The van der Waals surface area contributed by atoms with Crippen molar-refractivity contribution in [3.8, 4) is 11.5 Å². The van der Waals surface area contributed by atoms with Gasteiger partial charge in [0.25, 0.3) is 5.91 Å². The number of methoxy groups -OCH3 is 1. The van der Waals surface area contributed by atoms with E-state index in [0.717, 1.165) is 30.6 Å². The van der Waals surface area contributed by atoms with Gasteiger partial charge in [-0.3, -0.25) is 4.79 Å². The van der Waals surface area contributed by atoms with E-state index in [0.29, 0.717) is 18.0 Å². The lowest BCUT2D eigenvalue weighted by atomic mass is 9.84. The maximum Gasteiger partial charge on any atom is 0.257 e. The molecule has 1 atom stereocenters. The van der Waals surface area contributed by atoms with Gasteiger partial charge in [-0.25, -0.2) is 0 Å². The number of carbonyl (C=O) groups excluding carboxylic acids is 1. The number of rotatable bonds is 8. The molecule has 0 aliphatic heterocycles. The Labute approximate surface area is 164 Å². The summed E-state index contributed by atoms with van der Waals surface area (Å²) in [4.78, 5) is 14.5. The molecule has 27 heavy (non-hydrogen) atoms. The highest BCUT2D eigenvalue weighted by Crippen LogP contribution is 2.44. The Morgan fingerprint density at radius 2 is 2.00 bits per heavy atom. The van der Waals surface area contributed by atoms with Gasteiger partial charge in [0.2, 0.25) is 0 Å². The van der Waals surface area contributed by atoms with Gasteiger partial charge in [0.05, 0.1) is 13.2 Å². The molecule has 1 aromatic carbocycles. The van der Waals surface area contributed by atoms with Crippen molar-refractivity contribution in [1.29, 1.82) is 0 Å². The first-order valence-electron chi connectivity index (χ1n) is 9.34. The number of hydrogen-bond acceptors (Lipinski definition) is 5. The summed E-state index contributed by atoms with van der Waals surface area (Å²) < 4.78 is 10.7. The van der Waals surface area contributed by atoms with Crippen LogP contribution in [0.25, 0.3) is 0 Å². The van der Waals surface area contributed by atoms with Crippen LogP contribution >= 0.6 is 11.3 Å². The van der Waals surface area contributed by atoms with Gasteiger partial charge in [0, 0.05) is 27.8 Å². The molecular weight excluding hydrogens is 362 g/mol. The van der Waals surface area contributed by atoms with E-state index >= 15 is 0 Å². The number of ether oxygens (including phenoxy) is 2. The highest BCUT2D eigenvalue weighted by Gasteiger charge is 2.37. The van der Waals surface area contributed by atoms with E-state index < -0.39 is 6.10 Å². The fourth-order valence-corrected chi connectivity index (χ4v) is 4.77. The van der Waals surface area contributed by atoms with Crippen LogP contribution in [0.15, 0.2) is 36.4 Å². The van der Waals surface area contributed by atoms with E-state index in [-0.39, 0.29) is 17.9 Å². The highest BCUT2D eigenvalue weighted by molar-refractivity contribution is 7.12. The smallest absolute Gasteiger partial charge is 0.257 e. The number of amides is 1. The quantitative estimate of drug-likeness (QED) is 0.720. The fourth-order valence-electron chi connectivity index (χ4n) is 3.58. The zero-order valence-electron chi connectivity index (χ0n) is 15.9. The van der Waals surface area contributed by atoms with E-state index in [2.05, 4.69) is 11.4 Å². The molecule has 1 fully saturated rings. The Morgan fingerprint density at radius 1 is 1.26 bits per heavy atom. The Bertz CT molecular complexity index is 765. The average Bonchev–Trinajstić information content (AvgIpc) is 3.35. The van der Waals surface area contributed by atoms with Gasteiger partial charge < -0.3 is 19.9 Å². The van der Waals surface area contributed by atoms with Crippen LogP contribution in [0.1, 0.15) is 48.5 Å². The Kier molecular flexibility index (Phi) is 6.39. The molecule has 1 saturated carbocycles. The molecule has 3 rings (SSSR count). The van der Waals surface area contributed by atoms with Gasteiger partial charge in [-0.05, 0) is 44.0 Å². The van der Waals surface area contributed by atoms with Gasteiger partial charge in [0.15, 0.2) is 6.61 Å². The predicted octanol–water partition coefficient (Wildman–Crippen LogP) is 3.82. The van der Waals surface area contributed by atoms with Crippen LogP contribution in [0.5, 0.6) is 11.5 Å². The molecule has 0 saturated heterocycles. The van der Waals surface area contributed by atoms with Crippen molar-refractivity contribution < 1.29 is 19.4 Å². The molecule has 0 radical (unpaired) electrons. The number of carbonyl (C=O) groups is 1. The van der Waals surface area contributed by atoms with Gasteiger partial charge in [-0.1, -0.05) is 18.9 Å². The Morgan fingerprint density at radius 3 is 2.67 bits per heavy atom. The van der Waals surface area contributed by atoms with Crippen LogP contribution in [0.3, 0.4) is 0 Å². The third-order valence-electron chi connectivity index (χ3n) is 5.16. The standard InChI is InChI=1S/C21H27NO4S/c1-15(23)18-8-9-19(27-18)21(10-3-4-11-21)14-22-20(24)13-26-17-7-5-6-16(12-17)25-2/h5-9,12,15,23H,3-4,10-11,13-14H2,1-2H3,(H,22,24). The van der Waals surface area contributed by atoms with E-state index in [9.17, 15) is 9.90 Å². The van der Waals surface area contributed by atoms with Crippen molar-refractivity contribution in [2.24, 2.45) is 0 Å². The fraction of sp³-hybridized carbons (Fsp3) is 0.476. The number of aliphatic hydroxyl groups excluding tert-OH is 1. The lowest BCUT2D eigenvalue weighted by Crippen LogP contribution is -2.40. The minimum Gasteiger partial charge on any atom is -0.497 e. The van der Waals surface area contributed by atoms with Crippen molar-refractivity contribution in [2.75, 3.05) is 20.3 Å². The minimum atomic E-state index is -0.451. The van der Waals surface area contributed by atoms with Crippen molar-refractivity contribution >= 4 is 17.2 Å². The maximum absolute atomic E-state index is 12.3. The van der Waals surface area contributed by atoms with Crippen molar-refractivity contribution in [3.63, 3.8) is 0 Å². The zero-order valence-corrected chi connectivity index (χ0v) is 16.7. The second kappa shape index (κ2) is 8.76. The first-order valence-corrected chi connectivity index (χ1v) is 10.2. The molecule has 5 nitrogen and oxygen atoms in total. The highest BCUT2D eigenvalue weighted by atomic mass is 32.1. The summed E-state index contributed by atoms with van der Waals surface area (Å²) in [5.74, 6) is 1.18. The number of aliphatic hydroxyl groups is 1. The van der Waals surface area contributed by atoms with E-state index in [1.54, 1.807) is 37.5 Å². The summed E-state index contributed by atoms with van der Waals surface area (Å²) in [6.07, 6.45) is 4.00. The zero-order chi connectivity index (χ0) is 19.3. The maximum atomic E-state index is 12.3. The van der Waals surface area contributed by atoms with Gasteiger partial charge in [-0.2, -0.15) is 0 Å². The topological polar surface area (TPSA) is 67.8 Å². The minimum absolute atomic E-state index is 0.0212. The second-order valence-corrected chi connectivity index (χ2v) is 8.23. The molecule has 1 unspecified atom stereocenters. The van der Waals surface area contributed by atoms with Crippen molar-refractivity contribution in [2.45, 2.75) is 44.1 Å². The van der Waals surface area contributed by atoms with Crippen LogP contribution in [-0.4, -0.2) is 31.3 Å². The van der Waals surface area contributed by atoms with Crippen LogP contribution in [0.4, 0.5) is 0 Å². The third kappa shape index (κ3) is 4.82. The summed E-state index contributed by atoms with van der Waals surface area (Å²) in [5.41, 5.74) is -0.0244. The summed E-state index contributed by atoms with van der Waals surface area (Å²) in [7, 11) is 1.60. The number of thiophene rings is 1. The first-order chi connectivity index (χ1) is 13.0. The number of nitrogens with one attached hydrogen (secondary N) is 1. The summed E-state index contributed by atoms with van der Waals surface area (Å²) in [6, 6.07) is 11.3. The molecule has 1 amide bonds. The lowest BCUT2D eigenvalue weighted by Gasteiger charge is -2.28. The largest absolute Gasteiger partial charge is 0.497 e. The third-order valence-corrected chi connectivity index (χ3v) is 6.66. The molecule has 2 N–H and O–H groups in total. The van der Waals surface area contributed by atoms with Crippen LogP contribution in [-0.2, 0) is 10.2 Å². The van der Waals surface area contributed by atoms with Crippen LogP contribution in [0.2, 0.25) is 0 Å². The van der Waals surface area contributed by atoms with Crippen LogP contribution in [0, 0.1) is 0 Å². The van der Waals surface area contributed by atoms with Crippen LogP contribution < -0.4 is 14.8 Å². The molecule has 0 bridgehead atoms. The van der Waals surface area contributed by atoms with E-state index in [1.807, 2.05) is 18.2 Å². The monoisotopic (exact) mass is 389 g/mol. The molecular formula is C21H27NO4S. The molecule has 146 valence electrons. The predicted molar refractivity (Wildman–Crippen MR) is 107 cm³/mol. The molecule has 1 aliphatic carbocycles. The average molecular weight is 390 g/mol. The molecule has 6 heteroatoms. The Hall–Kier alpha value is -2.05. The van der Waals surface area contributed by atoms with Gasteiger partial charge >= 0.3 is 0 Å². The van der Waals surface area contributed by atoms with Gasteiger partial charge in [-0.15, -0.1) is 11.3 Å². The van der Waals surface area contributed by atoms with Crippen molar-refractivity contribution in [1.82, 2.24) is 5.32 Å². The molecule has 1 aliphatic rings. The van der Waals surface area contributed by atoms with Gasteiger partial charge in [0.1, 0.15) is 11.5 Å². The summed E-state index contributed by atoms with van der Waals surface area (Å²) in [5, 5.41) is 12.9.